The van der Waals surface area contributed by atoms with Gasteiger partial charge in [-0.1, -0.05) is 35.3 Å². The van der Waals surface area contributed by atoms with Crippen LogP contribution in [0.25, 0.3) is 0 Å². The maximum atomic E-state index is 14.0. The molecule has 0 aliphatic carbocycles. The van der Waals surface area contributed by atoms with Crippen LogP contribution in [0.1, 0.15) is 18.5 Å². The molecule has 106 valence electrons. The van der Waals surface area contributed by atoms with E-state index in [1.54, 1.807) is 30.3 Å². The zero-order chi connectivity index (χ0) is 14.7. The van der Waals surface area contributed by atoms with Crippen molar-refractivity contribution < 1.29 is 9.13 Å². The summed E-state index contributed by atoms with van der Waals surface area (Å²) in [5, 5.41) is 4.03. The first-order valence-corrected chi connectivity index (χ1v) is 6.82. The molecule has 0 fully saturated rings. The van der Waals surface area contributed by atoms with Crippen molar-refractivity contribution in [3.63, 3.8) is 0 Å². The fourth-order valence-corrected chi connectivity index (χ4v) is 2.27. The molecule has 0 aliphatic rings. The molecule has 2 aromatic rings. The van der Waals surface area contributed by atoms with Gasteiger partial charge in [0.2, 0.25) is 0 Å². The first-order valence-electron chi connectivity index (χ1n) is 6.07. The third-order valence-electron chi connectivity index (χ3n) is 3.00. The summed E-state index contributed by atoms with van der Waals surface area (Å²) < 4.78 is 19.0. The van der Waals surface area contributed by atoms with Crippen molar-refractivity contribution in [3.05, 3.63) is 57.8 Å². The fourth-order valence-electron chi connectivity index (χ4n) is 1.91. The van der Waals surface area contributed by atoms with E-state index in [4.69, 9.17) is 27.9 Å². The van der Waals surface area contributed by atoms with Crippen LogP contribution in [0.3, 0.4) is 0 Å². The minimum atomic E-state index is -0.331. The summed E-state index contributed by atoms with van der Waals surface area (Å²) in [7, 11) is 1.50. The second kappa shape index (κ2) is 6.33. The van der Waals surface area contributed by atoms with Crippen LogP contribution in [0.15, 0.2) is 36.4 Å². The van der Waals surface area contributed by atoms with Crippen molar-refractivity contribution in [2.75, 3.05) is 12.4 Å². The number of methoxy groups -OCH3 is 1. The molecule has 0 spiro atoms. The van der Waals surface area contributed by atoms with Gasteiger partial charge in [-0.05, 0) is 25.1 Å². The zero-order valence-corrected chi connectivity index (χ0v) is 12.6. The van der Waals surface area contributed by atoms with Crippen LogP contribution in [0.2, 0.25) is 10.0 Å². The highest BCUT2D eigenvalue weighted by atomic mass is 35.5. The lowest BCUT2D eigenvalue weighted by molar-refractivity contribution is 0.410. The standard InChI is InChI=1S/C15H14Cl2FNO/c1-9(11-7-6-10(20-2)8-13(11)18)19-14-5-3-4-12(16)15(14)17/h3-9,19H,1-2H3. The van der Waals surface area contributed by atoms with Gasteiger partial charge in [-0.15, -0.1) is 0 Å². The van der Waals surface area contributed by atoms with E-state index in [0.29, 0.717) is 27.0 Å². The maximum Gasteiger partial charge on any atom is 0.132 e. The van der Waals surface area contributed by atoms with E-state index >= 15 is 0 Å². The Hall–Kier alpha value is -1.45. The van der Waals surface area contributed by atoms with E-state index < -0.39 is 0 Å². The largest absolute Gasteiger partial charge is 0.497 e. The lowest BCUT2D eigenvalue weighted by Gasteiger charge is -2.18. The molecular formula is C15H14Cl2FNO. The Morgan fingerprint density at radius 1 is 1.20 bits per heavy atom. The highest BCUT2D eigenvalue weighted by Crippen LogP contribution is 2.32. The van der Waals surface area contributed by atoms with Crippen LogP contribution in [0, 0.1) is 5.82 Å². The van der Waals surface area contributed by atoms with Crippen LogP contribution >= 0.6 is 23.2 Å². The van der Waals surface area contributed by atoms with Crippen molar-refractivity contribution in [2.45, 2.75) is 13.0 Å². The minimum Gasteiger partial charge on any atom is -0.497 e. The van der Waals surface area contributed by atoms with Gasteiger partial charge >= 0.3 is 0 Å². The Morgan fingerprint density at radius 3 is 2.60 bits per heavy atom. The highest BCUT2D eigenvalue weighted by molar-refractivity contribution is 6.43. The molecule has 0 bridgehead atoms. The SMILES string of the molecule is COc1ccc(C(C)Nc2cccc(Cl)c2Cl)c(F)c1. The van der Waals surface area contributed by atoms with Gasteiger partial charge in [0.25, 0.3) is 0 Å². The zero-order valence-electron chi connectivity index (χ0n) is 11.1. The van der Waals surface area contributed by atoms with E-state index in [9.17, 15) is 4.39 Å². The molecule has 2 rings (SSSR count). The van der Waals surface area contributed by atoms with E-state index in [0.717, 1.165) is 0 Å². The van der Waals surface area contributed by atoms with E-state index in [1.165, 1.54) is 13.2 Å². The number of anilines is 1. The van der Waals surface area contributed by atoms with Crippen LogP contribution in [0.4, 0.5) is 10.1 Å². The van der Waals surface area contributed by atoms with Gasteiger partial charge in [-0.2, -0.15) is 0 Å². The number of nitrogens with one attached hydrogen (secondary N) is 1. The van der Waals surface area contributed by atoms with Crippen LogP contribution in [0.5, 0.6) is 5.75 Å². The average molecular weight is 314 g/mol. The third-order valence-corrected chi connectivity index (χ3v) is 3.82. The molecule has 1 atom stereocenters. The Morgan fingerprint density at radius 2 is 1.95 bits per heavy atom. The Balaban J connectivity index is 2.24. The summed E-state index contributed by atoms with van der Waals surface area (Å²) in [5.41, 5.74) is 1.20. The molecule has 20 heavy (non-hydrogen) atoms. The Kier molecular flexibility index (Phi) is 4.73. The molecule has 0 amide bonds. The number of rotatable bonds is 4. The first kappa shape index (κ1) is 14.9. The summed E-state index contributed by atoms with van der Waals surface area (Å²) >= 11 is 12.1. The number of benzene rings is 2. The molecule has 0 aliphatic heterocycles. The van der Waals surface area contributed by atoms with E-state index in [-0.39, 0.29) is 11.9 Å². The van der Waals surface area contributed by atoms with E-state index in [2.05, 4.69) is 5.32 Å². The quantitative estimate of drug-likeness (QED) is 0.825. The summed E-state index contributed by atoms with van der Waals surface area (Å²) in [6, 6.07) is 9.79. The monoisotopic (exact) mass is 313 g/mol. The van der Waals surface area contributed by atoms with Crippen molar-refractivity contribution >= 4 is 28.9 Å². The topological polar surface area (TPSA) is 21.3 Å². The molecule has 0 radical (unpaired) electrons. The smallest absolute Gasteiger partial charge is 0.132 e. The van der Waals surface area contributed by atoms with Crippen molar-refractivity contribution in [3.8, 4) is 5.75 Å². The number of halogens is 3. The molecule has 2 nitrogen and oxygen atoms in total. The average Bonchev–Trinajstić information content (AvgIpc) is 2.43. The van der Waals surface area contributed by atoms with Crippen molar-refractivity contribution in [1.82, 2.24) is 0 Å². The fraction of sp³-hybridized carbons (Fsp3) is 0.200. The van der Waals surface area contributed by atoms with Crippen molar-refractivity contribution in [2.24, 2.45) is 0 Å². The van der Waals surface area contributed by atoms with Gasteiger partial charge in [0.05, 0.1) is 28.9 Å². The Bertz CT molecular complexity index is 619. The summed E-state index contributed by atoms with van der Waals surface area (Å²) in [5.74, 6) is 0.154. The Labute approximate surface area is 127 Å². The minimum absolute atomic E-state index is 0.253. The normalized spacial score (nSPS) is 12.1. The lowest BCUT2D eigenvalue weighted by atomic mass is 10.1. The van der Waals surface area contributed by atoms with Crippen LogP contribution in [-0.2, 0) is 0 Å². The van der Waals surface area contributed by atoms with Crippen molar-refractivity contribution in [1.29, 1.82) is 0 Å². The van der Waals surface area contributed by atoms with Gasteiger partial charge < -0.3 is 10.1 Å². The van der Waals surface area contributed by atoms with Gasteiger partial charge in [0, 0.05) is 11.6 Å². The molecule has 0 saturated carbocycles. The van der Waals surface area contributed by atoms with Crippen LogP contribution in [-0.4, -0.2) is 7.11 Å². The summed E-state index contributed by atoms with van der Waals surface area (Å²) in [6.45, 7) is 1.85. The molecule has 2 aromatic carbocycles. The molecule has 0 heterocycles. The molecule has 1 unspecified atom stereocenters. The van der Waals surface area contributed by atoms with E-state index in [1.807, 2.05) is 6.92 Å². The molecule has 0 saturated heterocycles. The predicted molar refractivity (Wildman–Crippen MR) is 81.5 cm³/mol. The number of ether oxygens (including phenoxy) is 1. The van der Waals surface area contributed by atoms with Gasteiger partial charge in [0.1, 0.15) is 11.6 Å². The summed E-state index contributed by atoms with van der Waals surface area (Å²) in [4.78, 5) is 0. The highest BCUT2D eigenvalue weighted by Gasteiger charge is 2.13. The van der Waals surface area contributed by atoms with Gasteiger partial charge in [-0.3, -0.25) is 0 Å². The maximum absolute atomic E-state index is 14.0. The first-order chi connectivity index (χ1) is 9.52. The molecule has 0 aromatic heterocycles. The predicted octanol–water partition coefficient (Wildman–Crippen LogP) is 5.31. The molecule has 5 heteroatoms. The molecular weight excluding hydrogens is 300 g/mol. The number of hydrogen-bond donors (Lipinski definition) is 1. The third kappa shape index (κ3) is 3.17. The number of hydrogen-bond acceptors (Lipinski definition) is 2. The second-order valence-electron chi connectivity index (χ2n) is 4.35. The van der Waals surface area contributed by atoms with Gasteiger partial charge in [-0.25, -0.2) is 4.39 Å². The molecule has 1 N–H and O–H groups in total. The van der Waals surface area contributed by atoms with Gasteiger partial charge in [0.15, 0.2) is 0 Å². The van der Waals surface area contributed by atoms with Crippen LogP contribution < -0.4 is 10.1 Å². The lowest BCUT2D eigenvalue weighted by Crippen LogP contribution is -2.09. The summed E-state index contributed by atoms with van der Waals surface area (Å²) in [6.07, 6.45) is 0. The second-order valence-corrected chi connectivity index (χ2v) is 5.14.